The quantitative estimate of drug-likeness (QED) is 0.468. The number of hydrogen-bond donors (Lipinski definition) is 1. The Balaban J connectivity index is 1.63. The molecular formula is C25H24N4O2. The van der Waals surface area contributed by atoms with Gasteiger partial charge in [0.25, 0.3) is 5.91 Å². The molecule has 0 bridgehead atoms. The Morgan fingerprint density at radius 1 is 0.935 bits per heavy atom. The van der Waals surface area contributed by atoms with Crippen LogP contribution >= 0.6 is 0 Å². The number of amides is 1. The van der Waals surface area contributed by atoms with Crippen LogP contribution in [-0.4, -0.2) is 26.8 Å². The van der Waals surface area contributed by atoms with Crippen molar-refractivity contribution in [2.24, 2.45) is 0 Å². The Bertz CT molecular complexity index is 1160. The third-order valence-corrected chi connectivity index (χ3v) is 4.64. The molecule has 0 aliphatic rings. The van der Waals surface area contributed by atoms with Gasteiger partial charge in [-0.25, -0.2) is 4.68 Å². The van der Waals surface area contributed by atoms with E-state index in [-0.39, 0.29) is 12.0 Å². The molecule has 4 rings (SSSR count). The second kappa shape index (κ2) is 8.83. The Labute approximate surface area is 181 Å². The van der Waals surface area contributed by atoms with Crippen LogP contribution in [0.3, 0.4) is 0 Å². The van der Waals surface area contributed by atoms with Gasteiger partial charge >= 0.3 is 6.01 Å². The van der Waals surface area contributed by atoms with Crippen molar-refractivity contribution in [2.45, 2.75) is 26.9 Å². The zero-order valence-electron chi connectivity index (χ0n) is 17.7. The number of rotatable bonds is 6. The standard InChI is InChI=1S/C25H24N4O2/c1-17(2)31-25-27-23(19-11-9-18(3)10-12-19)29(28-25)22-15-13-21(14-16-22)26-24(30)20-7-5-4-6-8-20/h4-17H,1-3H3,(H,26,30). The van der Waals surface area contributed by atoms with Gasteiger partial charge in [0.2, 0.25) is 0 Å². The lowest BCUT2D eigenvalue weighted by atomic mass is 10.1. The molecule has 4 aromatic rings. The first-order chi connectivity index (χ1) is 15.0. The van der Waals surface area contributed by atoms with E-state index in [1.807, 2.05) is 87.5 Å². The molecule has 1 amide bonds. The van der Waals surface area contributed by atoms with E-state index >= 15 is 0 Å². The fourth-order valence-electron chi connectivity index (χ4n) is 3.10. The maximum atomic E-state index is 12.4. The molecule has 1 aromatic heterocycles. The second-order valence-electron chi connectivity index (χ2n) is 7.53. The van der Waals surface area contributed by atoms with Crippen LogP contribution in [0.1, 0.15) is 29.8 Å². The second-order valence-corrected chi connectivity index (χ2v) is 7.53. The fraction of sp³-hybridized carbons (Fsp3) is 0.160. The van der Waals surface area contributed by atoms with Crippen molar-refractivity contribution in [1.82, 2.24) is 14.8 Å². The van der Waals surface area contributed by atoms with Gasteiger partial charge in [0, 0.05) is 16.8 Å². The van der Waals surface area contributed by atoms with E-state index < -0.39 is 0 Å². The van der Waals surface area contributed by atoms with Crippen LogP contribution in [0, 0.1) is 6.92 Å². The molecular weight excluding hydrogens is 388 g/mol. The summed E-state index contributed by atoms with van der Waals surface area (Å²) in [5.41, 5.74) is 4.25. The highest BCUT2D eigenvalue weighted by Crippen LogP contribution is 2.25. The lowest BCUT2D eigenvalue weighted by molar-refractivity contribution is 0.102. The summed E-state index contributed by atoms with van der Waals surface area (Å²) >= 11 is 0. The predicted octanol–water partition coefficient (Wildman–Crippen LogP) is 5.28. The summed E-state index contributed by atoms with van der Waals surface area (Å²) < 4.78 is 7.48. The molecule has 1 heterocycles. The molecule has 0 unspecified atom stereocenters. The molecule has 0 aliphatic carbocycles. The van der Waals surface area contributed by atoms with Crippen molar-refractivity contribution in [1.29, 1.82) is 0 Å². The monoisotopic (exact) mass is 412 g/mol. The van der Waals surface area contributed by atoms with Crippen molar-refractivity contribution >= 4 is 11.6 Å². The summed E-state index contributed by atoms with van der Waals surface area (Å²) in [6.45, 7) is 5.93. The van der Waals surface area contributed by atoms with Crippen molar-refractivity contribution in [3.05, 3.63) is 90.0 Å². The lowest BCUT2D eigenvalue weighted by Crippen LogP contribution is -2.11. The minimum Gasteiger partial charge on any atom is -0.460 e. The van der Waals surface area contributed by atoms with Gasteiger partial charge in [-0.2, -0.15) is 4.98 Å². The first kappa shape index (κ1) is 20.3. The average molecular weight is 412 g/mol. The molecule has 0 radical (unpaired) electrons. The Morgan fingerprint density at radius 2 is 1.61 bits per heavy atom. The third kappa shape index (κ3) is 4.80. The highest BCUT2D eigenvalue weighted by atomic mass is 16.5. The van der Waals surface area contributed by atoms with Crippen LogP contribution in [0.2, 0.25) is 0 Å². The molecule has 1 N–H and O–H groups in total. The molecule has 3 aromatic carbocycles. The Kier molecular flexibility index (Phi) is 5.80. The van der Waals surface area contributed by atoms with Gasteiger partial charge in [-0.15, -0.1) is 5.10 Å². The van der Waals surface area contributed by atoms with Gasteiger partial charge in [0.05, 0.1) is 11.8 Å². The van der Waals surface area contributed by atoms with Crippen LogP contribution in [0.5, 0.6) is 6.01 Å². The number of ether oxygens (including phenoxy) is 1. The van der Waals surface area contributed by atoms with E-state index in [1.54, 1.807) is 16.8 Å². The summed E-state index contributed by atoms with van der Waals surface area (Å²) in [7, 11) is 0. The molecule has 31 heavy (non-hydrogen) atoms. The first-order valence-corrected chi connectivity index (χ1v) is 10.2. The summed E-state index contributed by atoms with van der Waals surface area (Å²) in [5, 5.41) is 7.47. The van der Waals surface area contributed by atoms with Gasteiger partial charge in [-0.05, 0) is 57.2 Å². The minimum atomic E-state index is -0.151. The molecule has 0 fully saturated rings. The molecule has 6 heteroatoms. The van der Waals surface area contributed by atoms with Crippen molar-refractivity contribution in [3.63, 3.8) is 0 Å². The molecule has 0 atom stereocenters. The van der Waals surface area contributed by atoms with E-state index in [0.29, 0.717) is 23.1 Å². The molecule has 0 saturated carbocycles. The first-order valence-electron chi connectivity index (χ1n) is 10.2. The van der Waals surface area contributed by atoms with Crippen LogP contribution < -0.4 is 10.1 Å². The van der Waals surface area contributed by atoms with Crippen LogP contribution in [0.25, 0.3) is 17.1 Å². The molecule has 156 valence electrons. The number of aromatic nitrogens is 3. The zero-order valence-corrected chi connectivity index (χ0v) is 17.7. The zero-order chi connectivity index (χ0) is 21.8. The van der Waals surface area contributed by atoms with Crippen LogP contribution in [-0.2, 0) is 0 Å². The van der Waals surface area contributed by atoms with Crippen LogP contribution in [0.15, 0.2) is 78.9 Å². The molecule has 0 spiro atoms. The summed E-state index contributed by atoms with van der Waals surface area (Å²) in [6, 6.07) is 25.0. The number of carbonyl (C=O) groups excluding carboxylic acids is 1. The lowest BCUT2D eigenvalue weighted by Gasteiger charge is -2.09. The number of benzene rings is 3. The van der Waals surface area contributed by atoms with E-state index in [4.69, 9.17) is 4.74 Å². The van der Waals surface area contributed by atoms with E-state index in [2.05, 4.69) is 15.4 Å². The summed E-state index contributed by atoms with van der Waals surface area (Å²) in [6.07, 6.45) is -0.0303. The van der Waals surface area contributed by atoms with Gasteiger partial charge in [0.1, 0.15) is 0 Å². The van der Waals surface area contributed by atoms with Crippen molar-refractivity contribution in [2.75, 3.05) is 5.32 Å². The fourth-order valence-corrected chi connectivity index (χ4v) is 3.10. The van der Waals surface area contributed by atoms with Gasteiger partial charge < -0.3 is 10.1 Å². The molecule has 6 nitrogen and oxygen atoms in total. The van der Waals surface area contributed by atoms with Gasteiger partial charge in [-0.3, -0.25) is 4.79 Å². The number of aryl methyl sites for hydroxylation is 1. The highest BCUT2D eigenvalue weighted by Gasteiger charge is 2.16. The number of anilines is 1. The SMILES string of the molecule is Cc1ccc(-c2nc(OC(C)C)nn2-c2ccc(NC(=O)c3ccccc3)cc2)cc1. The van der Waals surface area contributed by atoms with Gasteiger partial charge in [0.15, 0.2) is 5.82 Å². The maximum absolute atomic E-state index is 12.4. The van der Waals surface area contributed by atoms with Crippen molar-refractivity contribution < 1.29 is 9.53 Å². The molecule has 0 saturated heterocycles. The van der Waals surface area contributed by atoms with Crippen molar-refractivity contribution in [3.8, 4) is 23.1 Å². The summed E-state index contributed by atoms with van der Waals surface area (Å²) in [5.74, 6) is 0.541. The topological polar surface area (TPSA) is 69.0 Å². The van der Waals surface area contributed by atoms with Gasteiger partial charge in [-0.1, -0.05) is 48.0 Å². The smallest absolute Gasteiger partial charge is 0.336 e. The third-order valence-electron chi connectivity index (χ3n) is 4.64. The Hall–Kier alpha value is -3.93. The Morgan fingerprint density at radius 3 is 2.26 bits per heavy atom. The summed E-state index contributed by atoms with van der Waals surface area (Å²) in [4.78, 5) is 17.0. The largest absolute Gasteiger partial charge is 0.460 e. The number of carbonyl (C=O) groups is 1. The predicted molar refractivity (Wildman–Crippen MR) is 122 cm³/mol. The normalized spacial score (nSPS) is 10.8. The van der Waals surface area contributed by atoms with Crippen LogP contribution in [0.4, 0.5) is 5.69 Å². The maximum Gasteiger partial charge on any atom is 0.336 e. The highest BCUT2D eigenvalue weighted by molar-refractivity contribution is 6.04. The van der Waals surface area contributed by atoms with E-state index in [0.717, 1.165) is 11.3 Å². The van der Waals surface area contributed by atoms with E-state index in [9.17, 15) is 4.79 Å². The number of nitrogens with zero attached hydrogens (tertiary/aromatic N) is 3. The minimum absolute atomic E-state index is 0.0303. The number of hydrogen-bond acceptors (Lipinski definition) is 4. The van der Waals surface area contributed by atoms with E-state index in [1.165, 1.54) is 5.56 Å². The number of nitrogens with one attached hydrogen (secondary N) is 1. The molecule has 0 aliphatic heterocycles. The average Bonchev–Trinajstić information content (AvgIpc) is 3.18.